The van der Waals surface area contributed by atoms with Crippen molar-refractivity contribution in [1.29, 1.82) is 0 Å². The molecule has 8 fully saturated rings. The van der Waals surface area contributed by atoms with Gasteiger partial charge in [-0.2, -0.15) is 0 Å². The lowest BCUT2D eigenvalue weighted by Gasteiger charge is -2.73. The molecule has 406 valence electrons. The molecule has 0 radical (unpaired) electrons. The molecule has 9 aliphatic rings. The lowest BCUT2D eigenvalue weighted by Crippen LogP contribution is -2.68. The smallest absolute Gasteiger partial charge is 0.407 e. The first kappa shape index (κ1) is 54.4. The van der Waals surface area contributed by atoms with Gasteiger partial charge in [-0.1, -0.05) is 112 Å². The van der Waals surface area contributed by atoms with E-state index in [-0.39, 0.29) is 39.1 Å². The number of ether oxygens (including phenoxy) is 2. The standard InChI is InChI=1S/C64H104N2O6/c1-39(2)16-14-17-41(5)46-21-22-47-45-20-19-42-38-43(25-30-59(42,8)48(45)27-31-60(46,47)9)72-56(69)64-34-26-44(40(3)4)54(64)49-23-24-52-61(10)32-29-53(65-37-15-18-50(55(67)68)66-57(70)71-13)58(6,7)51(61)28-33-63(52,12)62(49,11)35-36-64/h19,39,41,43-54,65H,3,14-18,20-38H2,1-2,4-13H3,(H,66,70)(H,67,68)/t41-,43+,44?,45+,46-,47+,48+,49-,50?,51?,52-,53?,54?,59+,60-,61+,62-,63-,64+/m1/s1. The maximum absolute atomic E-state index is 15.4. The predicted octanol–water partition coefficient (Wildman–Crippen LogP) is 15.1. The monoisotopic (exact) mass is 997 g/mol. The van der Waals surface area contributed by atoms with E-state index in [0.717, 1.165) is 87.0 Å². The fourth-order valence-electron chi connectivity index (χ4n) is 21.9. The van der Waals surface area contributed by atoms with Gasteiger partial charge in [0.05, 0.1) is 12.5 Å². The summed E-state index contributed by atoms with van der Waals surface area (Å²) in [5.41, 5.74) is 3.89. The van der Waals surface area contributed by atoms with Crippen LogP contribution in [-0.4, -0.2) is 55.0 Å². The van der Waals surface area contributed by atoms with Crippen LogP contribution in [0.1, 0.15) is 224 Å². The fraction of sp³-hybridized carbons (Fsp3) is 0.891. The normalized spacial score (nSPS) is 45.6. The topological polar surface area (TPSA) is 114 Å². The van der Waals surface area contributed by atoms with Gasteiger partial charge in [0, 0.05) is 12.5 Å². The Bertz CT molecular complexity index is 2080. The maximum atomic E-state index is 15.4. The summed E-state index contributed by atoms with van der Waals surface area (Å²) in [6.45, 7) is 33.4. The Hall–Kier alpha value is -2.35. The predicted molar refractivity (Wildman–Crippen MR) is 290 cm³/mol. The number of rotatable bonds is 15. The molecule has 0 bridgehead atoms. The highest BCUT2D eigenvalue weighted by atomic mass is 16.5. The van der Waals surface area contributed by atoms with Crippen LogP contribution >= 0.6 is 0 Å². The molecule has 0 spiro atoms. The van der Waals surface area contributed by atoms with Gasteiger partial charge in [-0.25, -0.2) is 9.59 Å². The van der Waals surface area contributed by atoms with Crippen molar-refractivity contribution in [3.63, 3.8) is 0 Å². The third kappa shape index (κ3) is 8.72. The summed E-state index contributed by atoms with van der Waals surface area (Å²) < 4.78 is 11.7. The van der Waals surface area contributed by atoms with Gasteiger partial charge in [0.1, 0.15) is 12.1 Å². The van der Waals surface area contributed by atoms with E-state index in [2.05, 4.69) is 104 Å². The number of nitrogens with one attached hydrogen (secondary N) is 2. The Morgan fingerprint density at radius 2 is 1.49 bits per heavy atom. The number of hydrogen-bond donors (Lipinski definition) is 3. The molecule has 9 aliphatic carbocycles. The molecule has 0 aromatic heterocycles. The largest absolute Gasteiger partial charge is 0.480 e. The minimum Gasteiger partial charge on any atom is -0.480 e. The van der Waals surface area contributed by atoms with E-state index < -0.39 is 23.5 Å². The van der Waals surface area contributed by atoms with Crippen molar-refractivity contribution in [3.8, 4) is 0 Å². The molecule has 5 unspecified atom stereocenters. The minimum atomic E-state index is -1.03. The van der Waals surface area contributed by atoms with Gasteiger partial charge in [0.2, 0.25) is 0 Å². The Balaban J connectivity index is 0.864. The summed E-state index contributed by atoms with van der Waals surface area (Å²) in [4.78, 5) is 39.1. The molecule has 0 aromatic rings. The minimum absolute atomic E-state index is 0.00122. The van der Waals surface area contributed by atoms with Crippen LogP contribution in [0.4, 0.5) is 4.79 Å². The van der Waals surface area contributed by atoms with E-state index in [1.165, 1.54) is 103 Å². The van der Waals surface area contributed by atoms with Crippen LogP contribution in [0.2, 0.25) is 0 Å². The molecule has 3 N–H and O–H groups in total. The van der Waals surface area contributed by atoms with E-state index in [1.807, 2.05) is 0 Å². The number of carbonyl (C=O) groups excluding carboxylic acids is 2. The Kier molecular flexibility index (Phi) is 15.0. The molecular weight excluding hydrogens is 893 g/mol. The molecule has 19 atom stereocenters. The number of carboxylic acid groups (broad SMARTS) is 1. The first-order chi connectivity index (χ1) is 33.9. The van der Waals surface area contributed by atoms with Crippen molar-refractivity contribution in [3.05, 3.63) is 23.8 Å². The highest BCUT2D eigenvalue weighted by Crippen LogP contribution is 2.78. The summed E-state index contributed by atoms with van der Waals surface area (Å²) in [5, 5.41) is 16.1. The number of carboxylic acids is 1. The molecule has 9 rings (SSSR count). The lowest BCUT2D eigenvalue weighted by atomic mass is 9.32. The summed E-state index contributed by atoms with van der Waals surface area (Å²) >= 11 is 0. The van der Waals surface area contributed by atoms with E-state index in [1.54, 1.807) is 5.57 Å². The number of allylic oxidation sites excluding steroid dienone is 2. The number of carbonyl (C=O) groups is 3. The highest BCUT2D eigenvalue weighted by Gasteiger charge is 2.72. The second kappa shape index (κ2) is 19.9. The van der Waals surface area contributed by atoms with Crippen LogP contribution in [0.15, 0.2) is 23.8 Å². The van der Waals surface area contributed by atoms with Gasteiger partial charge in [-0.05, 0) is 233 Å². The van der Waals surface area contributed by atoms with Gasteiger partial charge < -0.3 is 25.2 Å². The molecule has 72 heavy (non-hydrogen) atoms. The van der Waals surface area contributed by atoms with E-state index in [9.17, 15) is 14.7 Å². The molecule has 0 saturated heterocycles. The zero-order valence-corrected chi connectivity index (χ0v) is 47.8. The van der Waals surface area contributed by atoms with Crippen LogP contribution in [0.3, 0.4) is 0 Å². The van der Waals surface area contributed by atoms with Crippen LogP contribution < -0.4 is 10.6 Å². The van der Waals surface area contributed by atoms with Gasteiger partial charge >= 0.3 is 18.0 Å². The number of alkyl carbamates (subject to hydrolysis) is 1. The average molecular weight is 998 g/mol. The van der Waals surface area contributed by atoms with E-state index >= 15 is 4.79 Å². The molecule has 8 saturated carbocycles. The molecule has 1 amide bonds. The Morgan fingerprint density at radius 1 is 0.750 bits per heavy atom. The number of hydrogen-bond acceptors (Lipinski definition) is 6. The second-order valence-corrected chi connectivity index (χ2v) is 29.4. The highest BCUT2D eigenvalue weighted by molar-refractivity contribution is 5.80. The number of methoxy groups -OCH3 is 1. The summed E-state index contributed by atoms with van der Waals surface area (Å²) in [5.74, 6) is 6.48. The zero-order valence-electron chi connectivity index (χ0n) is 47.8. The van der Waals surface area contributed by atoms with Crippen molar-refractivity contribution in [2.45, 2.75) is 242 Å². The Morgan fingerprint density at radius 3 is 2.19 bits per heavy atom. The van der Waals surface area contributed by atoms with Crippen molar-refractivity contribution in [1.82, 2.24) is 10.6 Å². The third-order valence-corrected chi connectivity index (χ3v) is 25.9. The van der Waals surface area contributed by atoms with Crippen LogP contribution in [0.25, 0.3) is 0 Å². The quantitative estimate of drug-likeness (QED) is 0.0851. The van der Waals surface area contributed by atoms with Crippen LogP contribution in [0, 0.1) is 103 Å². The molecular formula is C64H104N2O6. The lowest BCUT2D eigenvalue weighted by molar-refractivity contribution is -0.242. The van der Waals surface area contributed by atoms with Crippen molar-refractivity contribution in [2.75, 3.05) is 13.7 Å². The van der Waals surface area contributed by atoms with Gasteiger partial charge in [-0.15, -0.1) is 0 Å². The van der Waals surface area contributed by atoms with Gasteiger partial charge in [0.15, 0.2) is 0 Å². The number of esters is 1. The van der Waals surface area contributed by atoms with E-state index in [0.29, 0.717) is 53.9 Å². The number of fused-ring (bicyclic) bond motifs is 12. The van der Waals surface area contributed by atoms with Gasteiger partial charge in [0.25, 0.3) is 0 Å². The average Bonchev–Trinajstić information content (AvgIpc) is 3.90. The van der Waals surface area contributed by atoms with E-state index in [4.69, 9.17) is 4.74 Å². The van der Waals surface area contributed by atoms with Gasteiger partial charge in [-0.3, -0.25) is 4.79 Å². The van der Waals surface area contributed by atoms with Crippen LogP contribution in [-0.2, 0) is 19.1 Å². The zero-order chi connectivity index (χ0) is 52.0. The maximum Gasteiger partial charge on any atom is 0.407 e. The first-order valence-corrected chi connectivity index (χ1v) is 30.3. The molecule has 8 heteroatoms. The fourth-order valence-corrected chi connectivity index (χ4v) is 21.9. The third-order valence-electron chi connectivity index (χ3n) is 25.9. The number of aliphatic carboxylic acids is 1. The molecule has 0 aliphatic heterocycles. The van der Waals surface area contributed by atoms with Crippen molar-refractivity contribution < 1.29 is 29.0 Å². The first-order valence-electron chi connectivity index (χ1n) is 30.3. The molecule has 0 heterocycles. The summed E-state index contributed by atoms with van der Waals surface area (Å²) in [6, 6.07) is -0.603. The second-order valence-electron chi connectivity index (χ2n) is 29.4. The van der Waals surface area contributed by atoms with Crippen molar-refractivity contribution in [2.24, 2.45) is 103 Å². The van der Waals surface area contributed by atoms with Crippen molar-refractivity contribution >= 4 is 18.0 Å². The van der Waals surface area contributed by atoms with Crippen LogP contribution in [0.5, 0.6) is 0 Å². The summed E-state index contributed by atoms with van der Waals surface area (Å²) in [7, 11) is 1.26. The Labute approximate surface area is 438 Å². The number of amides is 1. The molecule has 0 aromatic carbocycles. The summed E-state index contributed by atoms with van der Waals surface area (Å²) in [6.07, 6.45) is 28.5. The SMILES string of the molecule is C=C(C)C1CC[C@]2(C(=O)O[C@H]3CC[C@@]4(C)C(=CC[C@H]5[C@@H]6CC[C@H]([C@H](C)CCCC(C)C)[C@@]6(C)CC[C@@H]54)C3)CC[C@]3(C)[C@H](CC[C@@H]4[C@@]5(C)CCC(NCCCC(NC(=O)OC)C(=O)O)C(C)(C)C5CC[C@]43C)C12. The molecule has 8 nitrogen and oxygen atoms in total.